The third kappa shape index (κ3) is 3.37. The van der Waals surface area contributed by atoms with Gasteiger partial charge in [0.25, 0.3) is 0 Å². The molecule has 22 heavy (non-hydrogen) atoms. The molecule has 2 aromatic rings. The van der Waals surface area contributed by atoms with E-state index in [-0.39, 0.29) is 0 Å². The molecular formula is C18H20ClNO2. The van der Waals surface area contributed by atoms with E-state index in [1.807, 2.05) is 12.1 Å². The van der Waals surface area contributed by atoms with Gasteiger partial charge in [0.15, 0.2) is 11.5 Å². The van der Waals surface area contributed by atoms with Gasteiger partial charge in [-0.05, 0) is 42.8 Å². The Hall–Kier alpha value is -1.71. The van der Waals surface area contributed by atoms with E-state index in [1.54, 1.807) is 0 Å². The molecule has 0 atom stereocenters. The molecule has 0 amide bonds. The van der Waals surface area contributed by atoms with Crippen molar-refractivity contribution in [1.29, 1.82) is 0 Å². The monoisotopic (exact) mass is 317 g/mol. The predicted octanol–water partition coefficient (Wildman–Crippen LogP) is 4.05. The molecule has 1 aliphatic rings. The van der Waals surface area contributed by atoms with Crippen LogP contribution in [0.2, 0.25) is 5.02 Å². The van der Waals surface area contributed by atoms with Crippen LogP contribution < -0.4 is 9.47 Å². The summed E-state index contributed by atoms with van der Waals surface area (Å²) < 4.78 is 11.2. The number of halogens is 1. The highest BCUT2D eigenvalue weighted by atomic mass is 35.5. The third-order valence-corrected chi connectivity index (χ3v) is 4.09. The lowest BCUT2D eigenvalue weighted by molar-refractivity contribution is 0.171. The minimum absolute atomic E-state index is 0.555. The van der Waals surface area contributed by atoms with E-state index < -0.39 is 0 Å². The molecular weight excluding hydrogens is 298 g/mol. The smallest absolute Gasteiger partial charge is 0.179 e. The van der Waals surface area contributed by atoms with E-state index in [0.29, 0.717) is 24.0 Å². The summed E-state index contributed by atoms with van der Waals surface area (Å²) in [4.78, 5) is 2.27. The van der Waals surface area contributed by atoms with Crippen LogP contribution in [0.25, 0.3) is 0 Å². The van der Waals surface area contributed by atoms with Gasteiger partial charge in [-0.15, -0.1) is 0 Å². The van der Waals surface area contributed by atoms with Gasteiger partial charge in [0.2, 0.25) is 0 Å². The van der Waals surface area contributed by atoms with Crippen molar-refractivity contribution in [3.63, 3.8) is 0 Å². The Morgan fingerprint density at radius 2 is 1.86 bits per heavy atom. The van der Waals surface area contributed by atoms with Crippen molar-refractivity contribution in [2.45, 2.75) is 20.0 Å². The zero-order chi connectivity index (χ0) is 15.5. The fraction of sp³-hybridized carbons (Fsp3) is 0.333. The minimum Gasteiger partial charge on any atom is -0.486 e. The van der Waals surface area contributed by atoms with Crippen molar-refractivity contribution < 1.29 is 9.47 Å². The minimum atomic E-state index is 0.555. The van der Waals surface area contributed by atoms with Crippen LogP contribution in [-0.2, 0) is 13.1 Å². The molecule has 0 unspecified atom stereocenters. The Morgan fingerprint density at radius 1 is 1.09 bits per heavy atom. The fourth-order valence-corrected chi connectivity index (χ4v) is 2.99. The summed E-state index contributed by atoms with van der Waals surface area (Å²) >= 11 is 6.29. The number of benzene rings is 2. The summed E-state index contributed by atoms with van der Waals surface area (Å²) in [6, 6.07) is 12.4. The number of hydrogen-bond donors (Lipinski definition) is 0. The van der Waals surface area contributed by atoms with Gasteiger partial charge in [0, 0.05) is 13.1 Å². The lowest BCUT2D eigenvalue weighted by Gasteiger charge is -2.22. The molecule has 0 saturated carbocycles. The van der Waals surface area contributed by atoms with Crippen molar-refractivity contribution in [2.75, 3.05) is 20.3 Å². The van der Waals surface area contributed by atoms with E-state index in [2.05, 4.69) is 43.1 Å². The van der Waals surface area contributed by atoms with Crippen molar-refractivity contribution in [3.8, 4) is 11.5 Å². The standard InChI is InChI=1S/C18H20ClNO2/c1-13-5-3-4-6-15(13)12-20(2)11-14-9-16(19)18-17(10-14)21-7-8-22-18/h3-6,9-10H,7-8,11-12H2,1-2H3. The van der Waals surface area contributed by atoms with Crippen LogP contribution >= 0.6 is 11.6 Å². The molecule has 0 aliphatic carbocycles. The largest absolute Gasteiger partial charge is 0.486 e. The zero-order valence-corrected chi connectivity index (χ0v) is 13.7. The average Bonchev–Trinajstić information content (AvgIpc) is 2.49. The van der Waals surface area contributed by atoms with Crippen LogP contribution in [0.1, 0.15) is 16.7 Å². The van der Waals surface area contributed by atoms with Crippen LogP contribution in [0.5, 0.6) is 11.5 Å². The highest BCUT2D eigenvalue weighted by Crippen LogP contribution is 2.38. The van der Waals surface area contributed by atoms with Gasteiger partial charge in [-0.3, -0.25) is 4.90 Å². The Balaban J connectivity index is 1.73. The molecule has 0 N–H and O–H groups in total. The highest BCUT2D eigenvalue weighted by molar-refractivity contribution is 6.32. The van der Waals surface area contributed by atoms with Crippen molar-refractivity contribution >= 4 is 11.6 Å². The molecule has 3 rings (SSSR count). The zero-order valence-electron chi connectivity index (χ0n) is 12.9. The third-order valence-electron chi connectivity index (χ3n) is 3.81. The van der Waals surface area contributed by atoms with E-state index in [9.17, 15) is 0 Å². The summed E-state index contributed by atoms with van der Waals surface area (Å²) in [5.74, 6) is 1.41. The van der Waals surface area contributed by atoms with Gasteiger partial charge >= 0.3 is 0 Å². The molecule has 0 bridgehead atoms. The number of nitrogens with zero attached hydrogens (tertiary/aromatic N) is 1. The summed E-state index contributed by atoms with van der Waals surface area (Å²) in [6.07, 6.45) is 0. The van der Waals surface area contributed by atoms with E-state index in [1.165, 1.54) is 11.1 Å². The molecule has 0 aromatic heterocycles. The molecule has 0 saturated heterocycles. The lowest BCUT2D eigenvalue weighted by Crippen LogP contribution is -2.19. The Kier molecular flexibility index (Phi) is 4.55. The second kappa shape index (κ2) is 6.59. The van der Waals surface area contributed by atoms with Crippen LogP contribution in [0.4, 0.5) is 0 Å². The molecule has 0 radical (unpaired) electrons. The normalized spacial score (nSPS) is 13.5. The molecule has 3 nitrogen and oxygen atoms in total. The SMILES string of the molecule is Cc1ccccc1CN(C)Cc1cc(Cl)c2c(c1)OCCO2. The summed E-state index contributed by atoms with van der Waals surface area (Å²) in [5.41, 5.74) is 3.79. The number of rotatable bonds is 4. The molecule has 1 heterocycles. The first-order valence-electron chi connectivity index (χ1n) is 7.44. The number of aryl methyl sites for hydroxylation is 1. The summed E-state index contributed by atoms with van der Waals surface area (Å²) in [7, 11) is 2.11. The van der Waals surface area contributed by atoms with Crippen molar-refractivity contribution in [2.24, 2.45) is 0 Å². The van der Waals surface area contributed by atoms with Crippen molar-refractivity contribution in [1.82, 2.24) is 4.90 Å². The Morgan fingerprint density at radius 3 is 2.68 bits per heavy atom. The Bertz CT molecular complexity index is 672. The average molecular weight is 318 g/mol. The quantitative estimate of drug-likeness (QED) is 0.849. The summed E-state index contributed by atoms with van der Waals surface area (Å²) in [6.45, 7) is 4.98. The molecule has 1 aliphatic heterocycles. The summed E-state index contributed by atoms with van der Waals surface area (Å²) in [5, 5.41) is 0.622. The topological polar surface area (TPSA) is 21.7 Å². The predicted molar refractivity (Wildman–Crippen MR) is 88.8 cm³/mol. The molecule has 4 heteroatoms. The maximum Gasteiger partial charge on any atom is 0.179 e. The lowest BCUT2D eigenvalue weighted by atomic mass is 10.1. The van der Waals surface area contributed by atoms with Crippen LogP contribution in [0, 0.1) is 6.92 Å². The van der Waals surface area contributed by atoms with E-state index in [0.717, 1.165) is 24.4 Å². The van der Waals surface area contributed by atoms with Crippen LogP contribution in [0.15, 0.2) is 36.4 Å². The molecule has 0 spiro atoms. The van der Waals surface area contributed by atoms with Gasteiger partial charge in [0.1, 0.15) is 13.2 Å². The van der Waals surface area contributed by atoms with E-state index in [4.69, 9.17) is 21.1 Å². The van der Waals surface area contributed by atoms with Crippen LogP contribution in [-0.4, -0.2) is 25.2 Å². The highest BCUT2D eigenvalue weighted by Gasteiger charge is 2.17. The maximum absolute atomic E-state index is 6.29. The molecule has 2 aromatic carbocycles. The van der Waals surface area contributed by atoms with E-state index >= 15 is 0 Å². The Labute approximate surface area is 136 Å². The molecule has 0 fully saturated rings. The molecule has 116 valence electrons. The van der Waals surface area contributed by atoms with Crippen molar-refractivity contribution in [3.05, 3.63) is 58.1 Å². The first kappa shape index (κ1) is 15.2. The van der Waals surface area contributed by atoms with Gasteiger partial charge < -0.3 is 9.47 Å². The fourth-order valence-electron chi connectivity index (χ4n) is 2.70. The second-order valence-corrected chi connectivity index (χ2v) is 6.11. The van der Waals surface area contributed by atoms with Gasteiger partial charge in [0.05, 0.1) is 5.02 Å². The number of fused-ring (bicyclic) bond motifs is 1. The van der Waals surface area contributed by atoms with Gasteiger partial charge in [-0.25, -0.2) is 0 Å². The first-order chi connectivity index (χ1) is 10.6. The van der Waals surface area contributed by atoms with Gasteiger partial charge in [-0.2, -0.15) is 0 Å². The van der Waals surface area contributed by atoms with Crippen LogP contribution in [0.3, 0.4) is 0 Å². The number of ether oxygens (including phenoxy) is 2. The second-order valence-electron chi connectivity index (χ2n) is 5.70. The first-order valence-corrected chi connectivity index (χ1v) is 7.82. The maximum atomic E-state index is 6.29. The number of hydrogen-bond acceptors (Lipinski definition) is 3. The van der Waals surface area contributed by atoms with Gasteiger partial charge in [-0.1, -0.05) is 35.9 Å².